The number of hydrogen-bond donors (Lipinski definition) is 0. The zero-order chi connectivity index (χ0) is 29.5. The van der Waals surface area contributed by atoms with Gasteiger partial charge < -0.3 is 4.90 Å². The highest BCUT2D eigenvalue weighted by Gasteiger charge is 2.25. The maximum atomic E-state index is 4.98. The van der Waals surface area contributed by atoms with E-state index < -0.39 is 0 Å². The number of nitrogens with zero attached hydrogens (tertiary/aromatic N) is 3. The zero-order valence-corrected chi connectivity index (χ0v) is 24.5. The molecule has 0 bridgehead atoms. The maximum Gasteiger partial charge on any atom is 0.211 e. The normalized spacial score (nSPS) is 14.7. The van der Waals surface area contributed by atoms with Gasteiger partial charge in [0.15, 0.2) is 0 Å². The van der Waals surface area contributed by atoms with Crippen LogP contribution in [-0.4, -0.2) is 22.5 Å². The van der Waals surface area contributed by atoms with E-state index in [-0.39, 0.29) is 6.04 Å². The van der Waals surface area contributed by atoms with E-state index in [0.717, 1.165) is 17.0 Å². The van der Waals surface area contributed by atoms with Gasteiger partial charge in [0.2, 0.25) is 5.96 Å². The number of aliphatic imine (C=N–C) groups is 1. The van der Waals surface area contributed by atoms with Crippen LogP contribution in [0.25, 0.3) is 55.2 Å². The van der Waals surface area contributed by atoms with Crippen LogP contribution in [0.3, 0.4) is 0 Å². The van der Waals surface area contributed by atoms with Crippen LogP contribution < -0.4 is 0 Å². The first-order valence-corrected chi connectivity index (χ1v) is 15.1. The Morgan fingerprint density at radius 1 is 0.477 bits per heavy atom. The van der Waals surface area contributed by atoms with E-state index in [9.17, 15) is 0 Å². The predicted molar refractivity (Wildman–Crippen MR) is 185 cm³/mol. The minimum atomic E-state index is 0.0413. The van der Waals surface area contributed by atoms with Gasteiger partial charge in [0.05, 0.1) is 17.1 Å². The SMILES string of the molecule is CN1C(n2c3ccccc3c3ccc(-c4ccccc4)cc32)=NC=CC1c1cccc(-c2ccc(-c3ccccc3)cc2)c1. The molecule has 0 amide bonds. The molecule has 0 N–H and O–H groups in total. The average Bonchev–Trinajstić information content (AvgIpc) is 3.43. The number of aromatic nitrogens is 1. The van der Waals surface area contributed by atoms with E-state index in [0.29, 0.717) is 0 Å². The van der Waals surface area contributed by atoms with E-state index in [1.54, 1.807) is 0 Å². The van der Waals surface area contributed by atoms with Gasteiger partial charge in [0, 0.05) is 24.0 Å². The van der Waals surface area contributed by atoms with Gasteiger partial charge in [-0.3, -0.25) is 4.57 Å². The first-order chi connectivity index (χ1) is 21.7. The highest BCUT2D eigenvalue weighted by molar-refractivity contribution is 6.14. The van der Waals surface area contributed by atoms with Crippen LogP contribution in [0, 0.1) is 0 Å². The van der Waals surface area contributed by atoms with Crippen molar-refractivity contribution in [2.24, 2.45) is 4.99 Å². The Labute approximate surface area is 257 Å². The van der Waals surface area contributed by atoms with Crippen molar-refractivity contribution in [3.8, 4) is 33.4 Å². The Balaban J connectivity index is 1.17. The molecule has 6 aromatic carbocycles. The van der Waals surface area contributed by atoms with E-state index >= 15 is 0 Å². The minimum Gasteiger partial charge on any atom is -0.334 e. The molecule has 1 atom stereocenters. The number of likely N-dealkylation sites (N-methyl/N-ethyl adjacent to an activating group) is 1. The van der Waals surface area contributed by atoms with E-state index in [2.05, 4.69) is 174 Å². The molecule has 0 fully saturated rings. The number of para-hydroxylation sites is 1. The molecule has 0 saturated carbocycles. The molecule has 1 unspecified atom stereocenters. The van der Waals surface area contributed by atoms with Crippen LogP contribution in [0.4, 0.5) is 0 Å². The van der Waals surface area contributed by atoms with Crippen molar-refractivity contribution in [3.05, 3.63) is 169 Å². The van der Waals surface area contributed by atoms with Gasteiger partial charge >= 0.3 is 0 Å². The first-order valence-electron chi connectivity index (χ1n) is 15.1. The molecule has 0 saturated heterocycles. The Kier molecular flexibility index (Phi) is 6.42. The third-order valence-electron chi connectivity index (χ3n) is 8.73. The Hall–Kier alpha value is -5.67. The lowest BCUT2D eigenvalue weighted by molar-refractivity contribution is 0.420. The summed E-state index contributed by atoms with van der Waals surface area (Å²) in [5.74, 6) is 0.909. The topological polar surface area (TPSA) is 20.5 Å². The molecule has 0 spiro atoms. The molecule has 1 aliphatic rings. The summed E-state index contributed by atoms with van der Waals surface area (Å²) in [6, 6.07) is 54.3. The molecule has 210 valence electrons. The van der Waals surface area contributed by atoms with Crippen molar-refractivity contribution in [3.63, 3.8) is 0 Å². The van der Waals surface area contributed by atoms with Crippen molar-refractivity contribution < 1.29 is 0 Å². The van der Waals surface area contributed by atoms with Crippen LogP contribution in [0.5, 0.6) is 0 Å². The van der Waals surface area contributed by atoms with Crippen LogP contribution in [0.15, 0.2) is 169 Å². The van der Waals surface area contributed by atoms with Gasteiger partial charge in [-0.25, -0.2) is 4.99 Å². The van der Waals surface area contributed by atoms with Crippen molar-refractivity contribution in [1.82, 2.24) is 9.47 Å². The number of rotatable bonds is 4. The van der Waals surface area contributed by atoms with Crippen molar-refractivity contribution >= 4 is 27.8 Å². The summed E-state index contributed by atoms with van der Waals surface area (Å²) in [6.07, 6.45) is 4.15. The third-order valence-corrected chi connectivity index (χ3v) is 8.73. The lowest BCUT2D eigenvalue weighted by Gasteiger charge is -2.32. The van der Waals surface area contributed by atoms with Crippen molar-refractivity contribution in [1.29, 1.82) is 0 Å². The number of fused-ring (bicyclic) bond motifs is 3. The number of benzene rings is 6. The summed E-state index contributed by atoms with van der Waals surface area (Å²) in [4.78, 5) is 7.27. The number of hydrogen-bond acceptors (Lipinski definition) is 2. The summed E-state index contributed by atoms with van der Waals surface area (Å²) in [5.41, 5.74) is 10.8. The summed E-state index contributed by atoms with van der Waals surface area (Å²) >= 11 is 0. The summed E-state index contributed by atoms with van der Waals surface area (Å²) in [5, 5.41) is 2.45. The quantitative estimate of drug-likeness (QED) is 0.208. The van der Waals surface area contributed by atoms with Crippen LogP contribution >= 0.6 is 0 Å². The molecule has 0 radical (unpaired) electrons. The highest BCUT2D eigenvalue weighted by atomic mass is 15.3. The standard InChI is InChI=1S/C41H31N3/c1-43-38(35-16-10-15-33(27-35)32-21-19-31(20-22-32)29-11-4-2-5-12-29)25-26-42-41(43)44-39-18-9-8-17-36(39)37-24-23-34(28-40(37)44)30-13-6-3-7-14-30/h2-28,38H,1H3. The van der Waals surface area contributed by atoms with Crippen LogP contribution in [0.1, 0.15) is 11.6 Å². The fourth-order valence-electron chi connectivity index (χ4n) is 6.47. The molecule has 2 heterocycles. The zero-order valence-electron chi connectivity index (χ0n) is 24.5. The first kappa shape index (κ1) is 26.0. The van der Waals surface area contributed by atoms with Gasteiger partial charge in [-0.2, -0.15) is 0 Å². The van der Waals surface area contributed by atoms with Crippen molar-refractivity contribution in [2.75, 3.05) is 7.05 Å². The lowest BCUT2D eigenvalue weighted by Crippen LogP contribution is -2.36. The fourth-order valence-corrected chi connectivity index (χ4v) is 6.47. The average molecular weight is 566 g/mol. The van der Waals surface area contributed by atoms with Crippen LogP contribution in [-0.2, 0) is 0 Å². The second kappa shape index (κ2) is 10.9. The second-order valence-corrected chi connectivity index (χ2v) is 11.3. The molecule has 8 rings (SSSR count). The Morgan fingerprint density at radius 3 is 1.77 bits per heavy atom. The molecule has 1 aromatic heterocycles. The summed E-state index contributed by atoms with van der Waals surface area (Å²) in [6.45, 7) is 0. The third kappa shape index (κ3) is 4.50. The molecule has 1 aliphatic heterocycles. The Bertz CT molecular complexity index is 2170. The van der Waals surface area contributed by atoms with Crippen molar-refractivity contribution in [2.45, 2.75) is 6.04 Å². The smallest absolute Gasteiger partial charge is 0.211 e. The molecule has 3 nitrogen and oxygen atoms in total. The lowest BCUT2D eigenvalue weighted by atomic mass is 9.96. The van der Waals surface area contributed by atoms with Gasteiger partial charge in [-0.05, 0) is 63.2 Å². The summed E-state index contributed by atoms with van der Waals surface area (Å²) < 4.78 is 2.32. The van der Waals surface area contributed by atoms with Gasteiger partial charge in [0.1, 0.15) is 0 Å². The van der Waals surface area contributed by atoms with Gasteiger partial charge in [-0.1, -0.05) is 133 Å². The summed E-state index contributed by atoms with van der Waals surface area (Å²) in [7, 11) is 2.15. The molecule has 7 aromatic rings. The predicted octanol–water partition coefficient (Wildman–Crippen LogP) is 10.2. The molecule has 3 heteroatoms. The van der Waals surface area contributed by atoms with E-state index in [4.69, 9.17) is 4.99 Å². The molecule has 0 aliphatic carbocycles. The van der Waals surface area contributed by atoms with E-state index in [1.165, 1.54) is 49.7 Å². The maximum absolute atomic E-state index is 4.98. The highest BCUT2D eigenvalue weighted by Crippen LogP contribution is 2.35. The van der Waals surface area contributed by atoms with Gasteiger partial charge in [0.25, 0.3) is 0 Å². The molecule has 44 heavy (non-hydrogen) atoms. The largest absolute Gasteiger partial charge is 0.334 e. The Morgan fingerprint density at radius 2 is 1.02 bits per heavy atom. The molecular formula is C41H31N3. The van der Waals surface area contributed by atoms with Gasteiger partial charge in [-0.15, -0.1) is 0 Å². The fraction of sp³-hybridized carbons (Fsp3) is 0.0488. The van der Waals surface area contributed by atoms with E-state index in [1.807, 2.05) is 6.20 Å². The molecular weight excluding hydrogens is 534 g/mol. The monoisotopic (exact) mass is 565 g/mol. The van der Waals surface area contributed by atoms with Crippen LogP contribution in [0.2, 0.25) is 0 Å². The minimum absolute atomic E-state index is 0.0413. The second-order valence-electron chi connectivity index (χ2n) is 11.3.